The summed E-state index contributed by atoms with van der Waals surface area (Å²) in [5, 5.41) is 5.29. The molecule has 2 aromatic rings. The lowest BCUT2D eigenvalue weighted by Crippen LogP contribution is -2.43. The average Bonchev–Trinajstić information content (AvgIpc) is 2.58. The van der Waals surface area contributed by atoms with Gasteiger partial charge >= 0.3 is 0 Å². The Labute approximate surface area is 140 Å². The molecule has 24 heavy (non-hydrogen) atoms. The van der Waals surface area contributed by atoms with Gasteiger partial charge in [0.15, 0.2) is 0 Å². The molecule has 0 fully saturated rings. The molecular formula is C17H22N4O3. The van der Waals surface area contributed by atoms with Gasteiger partial charge in [-0.2, -0.15) is 5.10 Å². The Kier molecular flexibility index (Phi) is 5.68. The molecule has 128 valence electrons. The minimum atomic E-state index is -0.333. The van der Waals surface area contributed by atoms with Crippen molar-refractivity contribution in [3.8, 4) is 0 Å². The van der Waals surface area contributed by atoms with Crippen LogP contribution in [0.25, 0.3) is 10.8 Å². The Balaban J connectivity index is 2.10. The number of carbonyl (C=O) groups excluding carboxylic acids is 2. The largest absolute Gasteiger partial charge is 0.342 e. The van der Waals surface area contributed by atoms with E-state index in [1.807, 2.05) is 19.9 Å². The number of hydrogen-bond acceptors (Lipinski definition) is 4. The normalized spacial score (nSPS) is 10.6. The van der Waals surface area contributed by atoms with Gasteiger partial charge in [-0.15, -0.1) is 0 Å². The molecule has 2 amide bonds. The van der Waals surface area contributed by atoms with Crippen molar-refractivity contribution in [2.45, 2.75) is 20.4 Å². The van der Waals surface area contributed by atoms with Crippen LogP contribution in [0, 0.1) is 0 Å². The van der Waals surface area contributed by atoms with Crippen LogP contribution < -0.4 is 5.56 Å². The molecule has 0 spiro atoms. The zero-order valence-corrected chi connectivity index (χ0v) is 14.2. The third kappa shape index (κ3) is 3.79. The fraction of sp³-hybridized carbons (Fsp3) is 0.412. The molecule has 0 N–H and O–H groups in total. The monoisotopic (exact) mass is 330 g/mol. The Morgan fingerprint density at radius 2 is 1.79 bits per heavy atom. The predicted octanol–water partition coefficient (Wildman–Crippen LogP) is 0.723. The van der Waals surface area contributed by atoms with Crippen molar-refractivity contribution in [3.05, 3.63) is 40.8 Å². The first-order valence-corrected chi connectivity index (χ1v) is 7.94. The van der Waals surface area contributed by atoms with Crippen molar-refractivity contribution in [1.29, 1.82) is 0 Å². The second-order valence-electron chi connectivity index (χ2n) is 5.51. The second-order valence-corrected chi connectivity index (χ2v) is 5.51. The third-order valence-electron chi connectivity index (χ3n) is 3.96. The summed E-state index contributed by atoms with van der Waals surface area (Å²) in [6, 6.07) is 7.09. The van der Waals surface area contributed by atoms with E-state index in [4.69, 9.17) is 0 Å². The van der Waals surface area contributed by atoms with Crippen molar-refractivity contribution in [2.24, 2.45) is 0 Å². The Morgan fingerprint density at radius 1 is 1.12 bits per heavy atom. The molecule has 0 atom stereocenters. The second kappa shape index (κ2) is 7.72. The predicted molar refractivity (Wildman–Crippen MR) is 91.6 cm³/mol. The van der Waals surface area contributed by atoms with Crippen LogP contribution >= 0.6 is 0 Å². The molecule has 1 aromatic carbocycles. The Morgan fingerprint density at radius 3 is 2.46 bits per heavy atom. The first-order valence-electron chi connectivity index (χ1n) is 7.94. The van der Waals surface area contributed by atoms with Gasteiger partial charge in [0.05, 0.1) is 18.1 Å². The van der Waals surface area contributed by atoms with Crippen LogP contribution in [-0.2, 0) is 16.1 Å². The highest BCUT2D eigenvalue weighted by atomic mass is 16.2. The molecule has 0 aliphatic heterocycles. The van der Waals surface area contributed by atoms with Crippen LogP contribution in [0.1, 0.15) is 13.8 Å². The lowest BCUT2D eigenvalue weighted by Gasteiger charge is -2.23. The fourth-order valence-corrected chi connectivity index (χ4v) is 2.46. The van der Waals surface area contributed by atoms with Crippen molar-refractivity contribution in [2.75, 3.05) is 26.7 Å². The highest BCUT2D eigenvalue weighted by Crippen LogP contribution is 2.06. The van der Waals surface area contributed by atoms with E-state index in [1.165, 1.54) is 4.90 Å². The summed E-state index contributed by atoms with van der Waals surface area (Å²) in [6.07, 6.45) is 1.56. The summed E-state index contributed by atoms with van der Waals surface area (Å²) in [6.45, 7) is 4.78. The quantitative estimate of drug-likeness (QED) is 0.782. The maximum absolute atomic E-state index is 12.4. The number of fused-ring (bicyclic) bond motifs is 1. The Bertz CT molecular complexity index is 796. The molecule has 1 heterocycles. The summed E-state index contributed by atoms with van der Waals surface area (Å²) in [5.41, 5.74) is -0.315. The SMILES string of the molecule is CCN(CC)C(=O)CN(C)C(=O)Cn1ncc2ccccc2c1=O. The van der Waals surface area contributed by atoms with Gasteiger partial charge in [0.2, 0.25) is 11.8 Å². The molecule has 1 aromatic heterocycles. The van der Waals surface area contributed by atoms with Gasteiger partial charge in [0, 0.05) is 25.5 Å². The zero-order chi connectivity index (χ0) is 17.7. The van der Waals surface area contributed by atoms with E-state index in [0.29, 0.717) is 18.5 Å². The molecule has 7 nitrogen and oxygen atoms in total. The van der Waals surface area contributed by atoms with E-state index < -0.39 is 0 Å². The van der Waals surface area contributed by atoms with Gasteiger partial charge in [0.1, 0.15) is 6.54 Å². The molecule has 0 saturated carbocycles. The van der Waals surface area contributed by atoms with Crippen LogP contribution in [0.4, 0.5) is 0 Å². The molecule has 0 bridgehead atoms. The molecule has 0 saturated heterocycles. The molecule has 7 heteroatoms. The van der Waals surface area contributed by atoms with E-state index in [1.54, 1.807) is 36.3 Å². The Hall–Kier alpha value is -2.70. The summed E-state index contributed by atoms with van der Waals surface area (Å²) in [4.78, 5) is 39.7. The minimum Gasteiger partial charge on any atom is -0.342 e. The van der Waals surface area contributed by atoms with E-state index >= 15 is 0 Å². The lowest BCUT2D eigenvalue weighted by atomic mass is 10.2. The van der Waals surface area contributed by atoms with Crippen LogP contribution in [0.5, 0.6) is 0 Å². The van der Waals surface area contributed by atoms with Crippen molar-refractivity contribution >= 4 is 22.6 Å². The number of likely N-dealkylation sites (N-methyl/N-ethyl adjacent to an activating group) is 2. The van der Waals surface area contributed by atoms with Gasteiger partial charge in [0.25, 0.3) is 5.56 Å². The number of rotatable bonds is 6. The van der Waals surface area contributed by atoms with Crippen molar-refractivity contribution in [3.63, 3.8) is 0 Å². The summed E-state index contributed by atoms with van der Waals surface area (Å²) >= 11 is 0. The van der Waals surface area contributed by atoms with E-state index in [0.717, 1.165) is 10.1 Å². The fourth-order valence-electron chi connectivity index (χ4n) is 2.46. The summed E-state index contributed by atoms with van der Waals surface area (Å²) in [7, 11) is 1.55. The maximum atomic E-state index is 12.4. The standard InChI is InChI=1S/C17H22N4O3/c1-4-20(5-2)16(23)11-19(3)15(22)12-21-17(24)14-9-7-6-8-13(14)10-18-21/h6-10H,4-5,11-12H2,1-3H3. The smallest absolute Gasteiger partial charge is 0.275 e. The lowest BCUT2D eigenvalue weighted by molar-refractivity contribution is -0.139. The van der Waals surface area contributed by atoms with Gasteiger partial charge < -0.3 is 9.80 Å². The van der Waals surface area contributed by atoms with Crippen LogP contribution in [0.15, 0.2) is 35.3 Å². The third-order valence-corrected chi connectivity index (χ3v) is 3.96. The number of hydrogen-bond donors (Lipinski definition) is 0. The minimum absolute atomic E-state index is 0.0111. The molecular weight excluding hydrogens is 308 g/mol. The van der Waals surface area contributed by atoms with Crippen molar-refractivity contribution in [1.82, 2.24) is 19.6 Å². The molecule has 0 aliphatic carbocycles. The van der Waals surface area contributed by atoms with E-state index in [9.17, 15) is 14.4 Å². The van der Waals surface area contributed by atoms with Crippen LogP contribution in [-0.4, -0.2) is 58.1 Å². The highest BCUT2D eigenvalue weighted by Gasteiger charge is 2.17. The average molecular weight is 330 g/mol. The van der Waals surface area contributed by atoms with E-state index in [-0.39, 0.29) is 30.5 Å². The first kappa shape index (κ1) is 17.7. The highest BCUT2D eigenvalue weighted by molar-refractivity contribution is 5.85. The van der Waals surface area contributed by atoms with Crippen molar-refractivity contribution < 1.29 is 9.59 Å². The molecule has 0 radical (unpaired) electrons. The summed E-state index contributed by atoms with van der Waals surface area (Å²) < 4.78 is 1.13. The zero-order valence-electron chi connectivity index (χ0n) is 14.2. The van der Waals surface area contributed by atoms with Gasteiger partial charge in [-0.25, -0.2) is 4.68 Å². The maximum Gasteiger partial charge on any atom is 0.275 e. The molecule has 0 aliphatic rings. The topological polar surface area (TPSA) is 75.5 Å². The first-order chi connectivity index (χ1) is 11.5. The van der Waals surface area contributed by atoms with Gasteiger partial charge in [-0.05, 0) is 19.9 Å². The number of aromatic nitrogens is 2. The molecule has 2 rings (SSSR count). The van der Waals surface area contributed by atoms with Gasteiger partial charge in [-0.3, -0.25) is 14.4 Å². The number of nitrogens with zero attached hydrogens (tertiary/aromatic N) is 4. The van der Waals surface area contributed by atoms with Crippen LogP contribution in [0.2, 0.25) is 0 Å². The number of carbonyl (C=O) groups is 2. The summed E-state index contributed by atoms with van der Waals surface area (Å²) in [5.74, 6) is -0.449. The molecule has 0 unspecified atom stereocenters. The number of amides is 2. The number of benzene rings is 1. The van der Waals surface area contributed by atoms with Gasteiger partial charge in [-0.1, -0.05) is 18.2 Å². The van der Waals surface area contributed by atoms with E-state index in [2.05, 4.69) is 5.10 Å². The van der Waals surface area contributed by atoms with Crippen LogP contribution in [0.3, 0.4) is 0 Å².